The molecule has 0 aromatic rings. The van der Waals surface area contributed by atoms with Crippen molar-refractivity contribution >= 4 is 32.4 Å². The zero-order valence-corrected chi connectivity index (χ0v) is 25.0. The first-order valence-electron chi connectivity index (χ1n) is 13.1. The van der Waals surface area contributed by atoms with E-state index in [-0.39, 0.29) is 48.9 Å². The molecule has 2 rings (SSSR count). The number of carboxylic acid groups (broad SMARTS) is 1. The number of carboxylic acids is 1. The molecule has 0 spiro atoms. The molecule has 2 heterocycles. The summed E-state index contributed by atoms with van der Waals surface area (Å²) in [5.74, 6) is -3.10. The van der Waals surface area contributed by atoms with Crippen LogP contribution in [0.2, 0.25) is 18.1 Å². The highest BCUT2D eigenvalue weighted by Gasteiger charge is 2.61. The lowest BCUT2D eigenvalue weighted by Gasteiger charge is -2.50. The minimum Gasteiger partial charge on any atom is -0.477 e. The van der Waals surface area contributed by atoms with Crippen LogP contribution in [0.15, 0.2) is 36.6 Å². The Balaban J connectivity index is 2.35. The van der Waals surface area contributed by atoms with E-state index >= 15 is 0 Å². The Hall–Kier alpha value is -3.12. The van der Waals surface area contributed by atoms with Gasteiger partial charge in [-0.2, -0.15) is 0 Å². The molecule has 0 saturated carbocycles. The van der Waals surface area contributed by atoms with Crippen molar-refractivity contribution in [2.24, 2.45) is 17.8 Å². The molecule has 2 aliphatic rings. The first-order valence-corrected chi connectivity index (χ1v) is 16.0. The fraction of sp³-hybridized carbons (Fsp3) is 0.630. The molecule has 0 aromatic carbocycles. The van der Waals surface area contributed by atoms with Gasteiger partial charge in [-0.25, -0.2) is 14.4 Å². The van der Waals surface area contributed by atoms with E-state index < -0.39 is 50.5 Å². The van der Waals surface area contributed by atoms with Crippen molar-refractivity contribution in [1.29, 1.82) is 0 Å². The van der Waals surface area contributed by atoms with Gasteiger partial charge in [0.1, 0.15) is 18.9 Å². The van der Waals surface area contributed by atoms with Gasteiger partial charge in [0.2, 0.25) is 5.91 Å². The highest BCUT2D eigenvalue weighted by molar-refractivity contribution is 6.74. The number of nitrogens with zero attached hydrogens (tertiary/aromatic N) is 1. The predicted octanol–water partition coefficient (Wildman–Crippen LogP) is 3.65. The lowest BCUT2D eigenvalue weighted by atomic mass is 9.76. The van der Waals surface area contributed by atoms with Gasteiger partial charge in [0.05, 0.1) is 18.1 Å². The van der Waals surface area contributed by atoms with Gasteiger partial charge in [0.15, 0.2) is 8.32 Å². The number of β-lactam (4-membered cyclic amide) rings is 1. The van der Waals surface area contributed by atoms with Crippen LogP contribution >= 0.6 is 0 Å². The Kier molecular flexibility index (Phi) is 10.5. The standard InChI is InChI=1S/C27H43N3O8Si/c1-10-12-36-25(34)28-14-18(15-29-26(35)37-13-11-2)19-16(3)21-20(23(31)30(21)22(19)24(32)33)17(4)38-39(8,9)27(5,6)7/h10-11,16-18,20-21H,1-2,12-15H2,3-9H3,(H,28,34)(H,29,35)(H,32,33)/t16?,17-,20-,21-/m1/s1. The number of hydrogen-bond acceptors (Lipinski definition) is 7. The van der Waals surface area contributed by atoms with Crippen molar-refractivity contribution in [2.45, 2.75) is 64.9 Å². The summed E-state index contributed by atoms with van der Waals surface area (Å²) in [5, 5.41) is 15.3. The van der Waals surface area contributed by atoms with Crippen LogP contribution in [-0.2, 0) is 23.5 Å². The monoisotopic (exact) mass is 565 g/mol. The predicted molar refractivity (Wildman–Crippen MR) is 148 cm³/mol. The van der Waals surface area contributed by atoms with Crippen LogP contribution in [0.25, 0.3) is 0 Å². The molecule has 11 nitrogen and oxygen atoms in total. The average molecular weight is 566 g/mol. The fourth-order valence-corrected chi connectivity index (χ4v) is 6.36. The lowest BCUT2D eigenvalue weighted by Crippen LogP contribution is -2.65. The third-order valence-corrected chi connectivity index (χ3v) is 12.4. The molecule has 3 amide bonds. The van der Waals surface area contributed by atoms with Crippen molar-refractivity contribution in [2.75, 3.05) is 26.3 Å². The van der Waals surface area contributed by atoms with Gasteiger partial charge >= 0.3 is 18.2 Å². The quantitative estimate of drug-likeness (QED) is 0.174. The zero-order chi connectivity index (χ0) is 29.7. The van der Waals surface area contributed by atoms with E-state index in [1.165, 1.54) is 17.1 Å². The Morgan fingerprint density at radius 2 is 1.56 bits per heavy atom. The fourth-order valence-electron chi connectivity index (χ4n) is 4.93. The van der Waals surface area contributed by atoms with Crippen molar-refractivity contribution in [3.05, 3.63) is 36.6 Å². The number of amides is 3. The molecule has 12 heteroatoms. The van der Waals surface area contributed by atoms with E-state index in [4.69, 9.17) is 13.9 Å². The van der Waals surface area contributed by atoms with Crippen LogP contribution in [0.4, 0.5) is 9.59 Å². The van der Waals surface area contributed by atoms with Crippen LogP contribution in [0.3, 0.4) is 0 Å². The van der Waals surface area contributed by atoms with Gasteiger partial charge in [-0.15, -0.1) is 0 Å². The van der Waals surface area contributed by atoms with E-state index in [9.17, 15) is 24.3 Å². The summed E-state index contributed by atoms with van der Waals surface area (Å²) in [4.78, 5) is 51.4. The molecule has 0 radical (unpaired) electrons. The van der Waals surface area contributed by atoms with Crippen LogP contribution in [-0.4, -0.2) is 80.8 Å². The van der Waals surface area contributed by atoms with Crippen molar-refractivity contribution in [1.82, 2.24) is 15.5 Å². The Morgan fingerprint density at radius 3 is 1.97 bits per heavy atom. The topological polar surface area (TPSA) is 144 Å². The van der Waals surface area contributed by atoms with Gasteiger partial charge in [-0.3, -0.25) is 4.79 Å². The highest BCUT2D eigenvalue weighted by atomic mass is 28.4. The van der Waals surface area contributed by atoms with Crippen molar-refractivity contribution < 1.29 is 38.2 Å². The van der Waals surface area contributed by atoms with Gasteiger partial charge in [-0.1, -0.05) is 53.0 Å². The molecule has 1 fully saturated rings. The third kappa shape index (κ3) is 7.10. The normalized spacial score (nSPS) is 21.6. The molecule has 0 aliphatic carbocycles. The minimum atomic E-state index is -2.20. The van der Waals surface area contributed by atoms with E-state index in [1.807, 2.05) is 13.8 Å². The van der Waals surface area contributed by atoms with Gasteiger partial charge in [-0.05, 0) is 30.6 Å². The number of ether oxygens (including phenoxy) is 2. The second-order valence-corrected chi connectivity index (χ2v) is 16.2. The summed E-state index contributed by atoms with van der Waals surface area (Å²) < 4.78 is 16.5. The Bertz CT molecular complexity index is 991. The molecule has 2 aliphatic heterocycles. The average Bonchev–Trinajstić information content (AvgIpc) is 3.09. The second kappa shape index (κ2) is 12.8. The first kappa shape index (κ1) is 32.1. The largest absolute Gasteiger partial charge is 0.477 e. The Morgan fingerprint density at radius 1 is 1.08 bits per heavy atom. The van der Waals surface area contributed by atoms with Gasteiger partial charge in [0.25, 0.3) is 0 Å². The maximum Gasteiger partial charge on any atom is 0.407 e. The third-order valence-electron chi connectivity index (χ3n) is 7.79. The molecule has 4 atom stereocenters. The smallest absolute Gasteiger partial charge is 0.407 e. The number of aliphatic carboxylic acids is 1. The van der Waals surface area contributed by atoms with Crippen LogP contribution in [0.5, 0.6) is 0 Å². The Labute approximate surface area is 231 Å². The SMILES string of the molecule is C=CCOC(=O)NCC(CNC(=O)OCC=C)C1=C(C(=O)O)N2C(=O)[C@H]([C@@H](C)O[Si](C)(C)C(C)(C)C)[C@H]2C1C. The number of nitrogens with one attached hydrogen (secondary N) is 2. The molecule has 1 saturated heterocycles. The van der Waals surface area contributed by atoms with Crippen molar-refractivity contribution in [3.63, 3.8) is 0 Å². The first-order chi connectivity index (χ1) is 18.1. The van der Waals surface area contributed by atoms with Crippen molar-refractivity contribution in [3.8, 4) is 0 Å². The summed E-state index contributed by atoms with van der Waals surface area (Å²) in [6.45, 7) is 21.2. The number of carbonyl (C=O) groups is 4. The number of carbonyl (C=O) groups excluding carboxylic acids is 3. The van der Waals surface area contributed by atoms with Gasteiger partial charge in [0, 0.05) is 24.9 Å². The number of alkyl carbamates (subject to hydrolysis) is 2. The molecular weight excluding hydrogens is 522 g/mol. The minimum absolute atomic E-state index is 0.000252. The van der Waals surface area contributed by atoms with Crippen LogP contribution in [0.1, 0.15) is 34.6 Å². The summed E-state index contributed by atoms with van der Waals surface area (Å²) >= 11 is 0. The highest BCUT2D eigenvalue weighted by Crippen LogP contribution is 2.50. The summed E-state index contributed by atoms with van der Waals surface area (Å²) in [7, 11) is -2.20. The summed E-state index contributed by atoms with van der Waals surface area (Å²) in [6, 6.07) is -0.415. The van der Waals surface area contributed by atoms with Crippen LogP contribution in [0, 0.1) is 17.8 Å². The summed E-state index contributed by atoms with van der Waals surface area (Å²) in [6.07, 6.45) is 0.996. The number of hydrogen-bond donors (Lipinski definition) is 3. The molecule has 39 heavy (non-hydrogen) atoms. The molecule has 0 aromatic heterocycles. The second-order valence-electron chi connectivity index (χ2n) is 11.4. The molecule has 218 valence electrons. The molecular formula is C27H43N3O8Si. The number of rotatable bonds is 13. The van der Waals surface area contributed by atoms with E-state index in [0.29, 0.717) is 5.57 Å². The molecule has 0 bridgehead atoms. The maximum atomic E-state index is 13.4. The molecule has 3 N–H and O–H groups in total. The number of fused-ring (bicyclic) bond motifs is 1. The van der Waals surface area contributed by atoms with E-state index in [2.05, 4.69) is 57.7 Å². The summed E-state index contributed by atoms with van der Waals surface area (Å²) in [5.41, 5.74) is 0.330. The van der Waals surface area contributed by atoms with Gasteiger partial charge < -0.3 is 34.5 Å². The molecule has 1 unspecified atom stereocenters. The van der Waals surface area contributed by atoms with E-state index in [0.717, 1.165) is 0 Å². The van der Waals surface area contributed by atoms with Crippen LogP contribution < -0.4 is 10.6 Å². The van der Waals surface area contributed by atoms with E-state index in [1.54, 1.807) is 0 Å². The zero-order valence-electron chi connectivity index (χ0n) is 24.0. The maximum absolute atomic E-state index is 13.4. The lowest BCUT2D eigenvalue weighted by molar-refractivity contribution is -0.162.